The number of nitrogens with one attached hydrogen (secondary N) is 1. The second-order valence-corrected chi connectivity index (χ2v) is 5.21. The van der Waals surface area contributed by atoms with Crippen LogP contribution in [0.3, 0.4) is 0 Å². The van der Waals surface area contributed by atoms with E-state index >= 15 is 0 Å². The number of hydrogen-bond donors (Lipinski definition) is 2. The molecule has 98 valence electrons. The summed E-state index contributed by atoms with van der Waals surface area (Å²) in [6.45, 7) is 0. The van der Waals surface area contributed by atoms with Crippen LogP contribution in [0.1, 0.15) is 10.4 Å². The van der Waals surface area contributed by atoms with Gasteiger partial charge in [-0.3, -0.25) is 4.79 Å². The first-order chi connectivity index (χ1) is 9.10. The Morgan fingerprint density at radius 1 is 1.21 bits per heavy atom. The van der Waals surface area contributed by atoms with Gasteiger partial charge in [0, 0.05) is 16.1 Å². The van der Waals surface area contributed by atoms with Crippen LogP contribution in [0.2, 0.25) is 5.02 Å². The van der Waals surface area contributed by atoms with Crippen LogP contribution in [0.4, 0.5) is 11.4 Å². The van der Waals surface area contributed by atoms with E-state index in [4.69, 9.17) is 17.3 Å². The molecule has 0 spiro atoms. The lowest BCUT2D eigenvalue weighted by molar-refractivity contribution is 0.102. The molecule has 0 radical (unpaired) electrons. The van der Waals surface area contributed by atoms with Crippen LogP contribution in [0, 0.1) is 0 Å². The SMILES string of the molecule is CSc1ccc(C(=O)Nc2ccc(N)c(Cl)c2)cc1. The Labute approximate surface area is 121 Å². The molecule has 0 atom stereocenters. The summed E-state index contributed by atoms with van der Waals surface area (Å²) in [5, 5.41) is 3.20. The predicted molar refractivity (Wildman–Crippen MR) is 82.0 cm³/mol. The second-order valence-electron chi connectivity index (χ2n) is 3.92. The van der Waals surface area contributed by atoms with E-state index in [9.17, 15) is 4.79 Å². The maximum atomic E-state index is 12.0. The monoisotopic (exact) mass is 292 g/mol. The van der Waals surface area contributed by atoms with Gasteiger partial charge in [0.05, 0.1) is 10.7 Å². The Morgan fingerprint density at radius 3 is 2.47 bits per heavy atom. The maximum absolute atomic E-state index is 12.0. The Morgan fingerprint density at radius 2 is 1.89 bits per heavy atom. The third-order valence-corrected chi connectivity index (χ3v) is 3.68. The smallest absolute Gasteiger partial charge is 0.255 e. The van der Waals surface area contributed by atoms with Gasteiger partial charge in [0.1, 0.15) is 0 Å². The molecule has 3 N–H and O–H groups in total. The van der Waals surface area contributed by atoms with E-state index in [1.165, 1.54) is 0 Å². The third-order valence-electron chi connectivity index (χ3n) is 2.61. The number of nitrogen functional groups attached to an aromatic ring is 1. The Bertz CT molecular complexity index is 599. The summed E-state index contributed by atoms with van der Waals surface area (Å²) in [7, 11) is 0. The van der Waals surface area contributed by atoms with Gasteiger partial charge in [-0.1, -0.05) is 11.6 Å². The van der Waals surface area contributed by atoms with Crippen LogP contribution in [0.25, 0.3) is 0 Å². The van der Waals surface area contributed by atoms with Gasteiger partial charge in [0.15, 0.2) is 0 Å². The molecule has 3 nitrogen and oxygen atoms in total. The molecule has 19 heavy (non-hydrogen) atoms. The quantitative estimate of drug-likeness (QED) is 0.666. The molecule has 2 aromatic rings. The van der Waals surface area contributed by atoms with Crippen molar-refractivity contribution in [3.63, 3.8) is 0 Å². The van der Waals surface area contributed by atoms with Crippen molar-refractivity contribution < 1.29 is 4.79 Å². The van der Waals surface area contributed by atoms with Crippen LogP contribution in [0.5, 0.6) is 0 Å². The lowest BCUT2D eigenvalue weighted by Crippen LogP contribution is -2.11. The van der Waals surface area contributed by atoms with Crippen molar-refractivity contribution in [2.75, 3.05) is 17.3 Å². The van der Waals surface area contributed by atoms with Crippen LogP contribution < -0.4 is 11.1 Å². The second kappa shape index (κ2) is 5.99. The highest BCUT2D eigenvalue weighted by Gasteiger charge is 2.07. The molecule has 0 fully saturated rings. The molecule has 1 amide bonds. The summed E-state index contributed by atoms with van der Waals surface area (Å²) in [4.78, 5) is 13.1. The lowest BCUT2D eigenvalue weighted by atomic mass is 10.2. The van der Waals surface area contributed by atoms with Crippen molar-refractivity contribution in [3.05, 3.63) is 53.1 Å². The van der Waals surface area contributed by atoms with Crippen molar-refractivity contribution in [3.8, 4) is 0 Å². The number of thioether (sulfide) groups is 1. The zero-order valence-electron chi connectivity index (χ0n) is 10.3. The molecule has 0 aromatic heterocycles. The van der Waals surface area contributed by atoms with E-state index in [1.54, 1.807) is 42.1 Å². The number of carbonyl (C=O) groups is 1. The van der Waals surface area contributed by atoms with Gasteiger partial charge in [-0.25, -0.2) is 0 Å². The zero-order valence-corrected chi connectivity index (χ0v) is 11.9. The molecule has 0 aliphatic rings. The molecule has 2 rings (SSSR count). The highest BCUT2D eigenvalue weighted by Crippen LogP contribution is 2.23. The lowest BCUT2D eigenvalue weighted by Gasteiger charge is -2.07. The number of carbonyl (C=O) groups excluding carboxylic acids is 1. The van der Waals surface area contributed by atoms with Crippen LogP contribution >= 0.6 is 23.4 Å². The standard InChI is InChI=1S/C14H13ClN2OS/c1-19-11-5-2-9(3-6-11)14(18)17-10-4-7-13(16)12(15)8-10/h2-8H,16H2,1H3,(H,17,18). The van der Waals surface area contributed by atoms with Crippen molar-refractivity contribution in [2.45, 2.75) is 4.90 Å². The number of amides is 1. The van der Waals surface area contributed by atoms with Gasteiger partial charge >= 0.3 is 0 Å². The van der Waals surface area contributed by atoms with E-state index in [0.29, 0.717) is 22.0 Å². The van der Waals surface area contributed by atoms with E-state index in [2.05, 4.69) is 5.32 Å². The molecule has 2 aromatic carbocycles. The average Bonchev–Trinajstić information content (AvgIpc) is 2.43. The van der Waals surface area contributed by atoms with Crippen molar-refractivity contribution >= 4 is 40.6 Å². The van der Waals surface area contributed by atoms with E-state index in [-0.39, 0.29) is 5.91 Å². The Kier molecular flexibility index (Phi) is 4.35. The minimum Gasteiger partial charge on any atom is -0.398 e. The summed E-state index contributed by atoms with van der Waals surface area (Å²) in [5.74, 6) is -0.173. The molecule has 0 heterocycles. The molecule has 0 aliphatic heterocycles. The Hall–Kier alpha value is -1.65. The third kappa shape index (κ3) is 3.43. The molecular weight excluding hydrogens is 280 g/mol. The highest BCUT2D eigenvalue weighted by molar-refractivity contribution is 7.98. The average molecular weight is 293 g/mol. The van der Waals surface area contributed by atoms with Crippen molar-refractivity contribution in [1.82, 2.24) is 0 Å². The van der Waals surface area contributed by atoms with Gasteiger partial charge in [0.2, 0.25) is 0 Å². The van der Waals surface area contributed by atoms with E-state index < -0.39 is 0 Å². The summed E-state index contributed by atoms with van der Waals surface area (Å²) in [6, 6.07) is 12.4. The van der Waals surface area contributed by atoms with Gasteiger partial charge in [0.25, 0.3) is 5.91 Å². The number of benzene rings is 2. The van der Waals surface area contributed by atoms with Gasteiger partial charge in [-0.15, -0.1) is 11.8 Å². The summed E-state index contributed by atoms with van der Waals surface area (Å²) in [6.07, 6.45) is 1.99. The minimum atomic E-state index is -0.173. The Balaban J connectivity index is 2.13. The van der Waals surface area contributed by atoms with Crippen molar-refractivity contribution in [2.24, 2.45) is 0 Å². The maximum Gasteiger partial charge on any atom is 0.255 e. The normalized spacial score (nSPS) is 10.2. The molecule has 0 saturated heterocycles. The fraction of sp³-hybridized carbons (Fsp3) is 0.0714. The molecule has 5 heteroatoms. The largest absolute Gasteiger partial charge is 0.398 e. The number of anilines is 2. The van der Waals surface area contributed by atoms with Crippen LogP contribution in [-0.4, -0.2) is 12.2 Å². The first-order valence-electron chi connectivity index (χ1n) is 5.60. The fourth-order valence-electron chi connectivity index (χ4n) is 1.55. The zero-order chi connectivity index (χ0) is 13.8. The molecule has 0 saturated carbocycles. The van der Waals surface area contributed by atoms with Gasteiger partial charge in [-0.05, 0) is 48.7 Å². The number of rotatable bonds is 3. The number of nitrogens with two attached hydrogens (primary N) is 1. The summed E-state index contributed by atoms with van der Waals surface area (Å²) >= 11 is 7.54. The predicted octanol–water partition coefficient (Wildman–Crippen LogP) is 3.90. The topological polar surface area (TPSA) is 55.1 Å². The first-order valence-corrected chi connectivity index (χ1v) is 7.21. The van der Waals surface area contributed by atoms with Gasteiger partial charge < -0.3 is 11.1 Å². The highest BCUT2D eigenvalue weighted by atomic mass is 35.5. The van der Waals surface area contributed by atoms with Crippen molar-refractivity contribution in [1.29, 1.82) is 0 Å². The molecular formula is C14H13ClN2OS. The van der Waals surface area contributed by atoms with Gasteiger partial charge in [-0.2, -0.15) is 0 Å². The first kappa shape index (κ1) is 13.8. The van der Waals surface area contributed by atoms with Crippen LogP contribution in [0.15, 0.2) is 47.4 Å². The molecule has 0 bridgehead atoms. The molecule has 0 unspecified atom stereocenters. The van der Waals surface area contributed by atoms with E-state index in [0.717, 1.165) is 4.90 Å². The summed E-state index contributed by atoms with van der Waals surface area (Å²) < 4.78 is 0. The summed E-state index contributed by atoms with van der Waals surface area (Å²) in [5.41, 5.74) is 7.33. The van der Waals surface area contributed by atoms with E-state index in [1.807, 2.05) is 18.4 Å². The number of halogens is 1. The minimum absolute atomic E-state index is 0.173. The number of hydrogen-bond acceptors (Lipinski definition) is 3. The molecule has 0 aliphatic carbocycles. The van der Waals surface area contributed by atoms with Crippen LogP contribution in [-0.2, 0) is 0 Å². The fourth-order valence-corrected chi connectivity index (χ4v) is 2.14.